The molecule has 6 nitrogen and oxygen atoms in total. The Hall–Kier alpha value is -3.67. The molecule has 0 saturated carbocycles. The molecule has 6 heteroatoms. The second kappa shape index (κ2) is 64.9. The van der Waals surface area contributed by atoms with Crippen LogP contribution < -0.4 is 0 Å². The van der Waals surface area contributed by atoms with E-state index < -0.39 is 6.10 Å². The lowest BCUT2D eigenvalue weighted by molar-refractivity contribution is -0.167. The van der Waals surface area contributed by atoms with Crippen molar-refractivity contribution in [3.05, 3.63) is 97.2 Å². The molecule has 0 aromatic rings. The van der Waals surface area contributed by atoms with Gasteiger partial charge in [0.1, 0.15) is 13.2 Å². The van der Waals surface area contributed by atoms with E-state index in [2.05, 4.69) is 118 Å². The van der Waals surface area contributed by atoms with E-state index in [0.717, 1.165) is 116 Å². The van der Waals surface area contributed by atoms with Gasteiger partial charge in [0.2, 0.25) is 0 Å². The Balaban J connectivity index is 4.07. The summed E-state index contributed by atoms with van der Waals surface area (Å²) in [5.74, 6) is -0.929. The first-order valence-electron chi connectivity index (χ1n) is 32.7. The fourth-order valence-electron chi connectivity index (χ4n) is 9.18. The van der Waals surface area contributed by atoms with Crippen LogP contribution >= 0.6 is 0 Å². The molecule has 0 aromatic heterocycles. The highest BCUT2D eigenvalue weighted by atomic mass is 16.6. The van der Waals surface area contributed by atoms with E-state index in [1.54, 1.807) is 0 Å². The molecule has 442 valence electrons. The minimum atomic E-state index is -0.792. The number of hydrogen-bond donors (Lipinski definition) is 0. The molecule has 0 heterocycles. The Morgan fingerprint density at radius 1 is 0.273 bits per heavy atom. The minimum absolute atomic E-state index is 0.0896. The van der Waals surface area contributed by atoms with Crippen LogP contribution in [0.15, 0.2) is 97.2 Å². The molecule has 77 heavy (non-hydrogen) atoms. The zero-order valence-electron chi connectivity index (χ0n) is 50.7. The largest absolute Gasteiger partial charge is 0.462 e. The first kappa shape index (κ1) is 73.3. The SMILES string of the molecule is CC/C=C\C/C=C\C/C=C\C/C=C\C/C=C\C/C=C\C/C=C\CCCCCC(=O)OC(COC(=O)CCCCCCC)COC(=O)CCCCCCCCCCCCCCCCCCC/C=C\CCCCCCCCCC. The van der Waals surface area contributed by atoms with Gasteiger partial charge in [-0.15, -0.1) is 0 Å². The van der Waals surface area contributed by atoms with Crippen LogP contribution in [0.3, 0.4) is 0 Å². The summed E-state index contributed by atoms with van der Waals surface area (Å²) in [6.07, 6.45) is 87.7. The minimum Gasteiger partial charge on any atom is -0.462 e. The molecule has 0 saturated heterocycles. The first-order chi connectivity index (χ1) is 38.0. The maximum atomic E-state index is 12.8. The van der Waals surface area contributed by atoms with E-state index in [-0.39, 0.29) is 37.5 Å². The van der Waals surface area contributed by atoms with Crippen LogP contribution in [0.4, 0.5) is 0 Å². The lowest BCUT2D eigenvalue weighted by atomic mass is 10.0. The van der Waals surface area contributed by atoms with Crippen LogP contribution in [0.5, 0.6) is 0 Å². The van der Waals surface area contributed by atoms with E-state index in [1.165, 1.54) is 161 Å². The third-order valence-electron chi connectivity index (χ3n) is 14.1. The molecule has 0 aliphatic rings. The van der Waals surface area contributed by atoms with Crippen molar-refractivity contribution < 1.29 is 28.6 Å². The molecule has 0 fully saturated rings. The van der Waals surface area contributed by atoms with Gasteiger partial charge in [-0.05, 0) is 103 Å². The summed E-state index contributed by atoms with van der Waals surface area (Å²) >= 11 is 0. The Morgan fingerprint density at radius 3 is 0.818 bits per heavy atom. The predicted octanol–water partition coefficient (Wildman–Crippen LogP) is 22.4. The Morgan fingerprint density at radius 2 is 0.506 bits per heavy atom. The van der Waals surface area contributed by atoms with Crippen molar-refractivity contribution in [1.29, 1.82) is 0 Å². The van der Waals surface area contributed by atoms with Gasteiger partial charge in [-0.2, -0.15) is 0 Å². The highest BCUT2D eigenvalue weighted by molar-refractivity contribution is 5.71. The van der Waals surface area contributed by atoms with E-state index in [0.29, 0.717) is 12.8 Å². The van der Waals surface area contributed by atoms with Crippen molar-refractivity contribution in [2.75, 3.05) is 13.2 Å². The smallest absolute Gasteiger partial charge is 0.306 e. The van der Waals surface area contributed by atoms with Crippen LogP contribution in [0.25, 0.3) is 0 Å². The van der Waals surface area contributed by atoms with Crippen LogP contribution in [-0.2, 0) is 28.6 Å². The molecular weight excluding hydrogens is 949 g/mol. The van der Waals surface area contributed by atoms with Gasteiger partial charge in [-0.3, -0.25) is 14.4 Å². The number of esters is 3. The fraction of sp³-hybridized carbons (Fsp3) is 0.732. The number of allylic oxidation sites excluding steroid dienone is 16. The van der Waals surface area contributed by atoms with Gasteiger partial charge in [0.25, 0.3) is 0 Å². The number of ether oxygens (including phenoxy) is 3. The quantitative estimate of drug-likeness (QED) is 0.0261. The molecule has 0 amide bonds. The van der Waals surface area contributed by atoms with Crippen molar-refractivity contribution in [3.8, 4) is 0 Å². The highest BCUT2D eigenvalue weighted by Gasteiger charge is 2.19. The third kappa shape index (κ3) is 63.0. The normalized spacial score (nSPS) is 12.7. The van der Waals surface area contributed by atoms with Gasteiger partial charge in [-0.1, -0.05) is 291 Å². The number of rotatable bonds is 59. The highest BCUT2D eigenvalue weighted by Crippen LogP contribution is 2.17. The fourth-order valence-corrected chi connectivity index (χ4v) is 9.18. The van der Waals surface area contributed by atoms with Crippen molar-refractivity contribution in [2.24, 2.45) is 0 Å². The summed E-state index contributed by atoms with van der Waals surface area (Å²) in [6, 6.07) is 0. The number of carbonyl (C=O) groups is 3. The average Bonchev–Trinajstić information content (AvgIpc) is 3.43. The lowest BCUT2D eigenvalue weighted by Gasteiger charge is -2.18. The number of carbonyl (C=O) groups excluding carboxylic acids is 3. The topological polar surface area (TPSA) is 78.9 Å². The molecule has 0 radical (unpaired) electrons. The zero-order valence-corrected chi connectivity index (χ0v) is 50.7. The Kier molecular flexibility index (Phi) is 61.8. The standard InChI is InChI=1S/C71H122O6/c1-4-7-10-13-15-17-19-21-23-25-27-29-31-33-34-35-36-38-39-41-43-45-47-49-51-53-55-58-61-64-70(73)76-67-68(66-75-69(72)63-60-57-12-9-6-3)77-71(74)65-62-59-56-54-52-50-48-46-44-42-40-37-32-30-28-26-24-22-20-18-16-14-11-8-5-2/h8,11,16,18,22,24-25,27-28,30,37,40,44,46,50,52,68H,4-7,9-10,12-15,17,19-21,23,26,29,31-36,38-39,41-43,45,47-49,51,53-67H2,1-3H3/b11-8-,18-16-,24-22-,27-25-,30-28-,40-37-,46-44-,52-50-. The van der Waals surface area contributed by atoms with Gasteiger partial charge in [0, 0.05) is 19.3 Å². The molecule has 0 spiro atoms. The van der Waals surface area contributed by atoms with Crippen molar-refractivity contribution in [1.82, 2.24) is 0 Å². The van der Waals surface area contributed by atoms with Crippen LogP contribution in [0.2, 0.25) is 0 Å². The number of hydrogen-bond acceptors (Lipinski definition) is 6. The summed E-state index contributed by atoms with van der Waals surface area (Å²) in [5, 5.41) is 0. The Bertz CT molecular complexity index is 1510. The molecule has 0 aliphatic heterocycles. The molecule has 0 aromatic carbocycles. The van der Waals surface area contributed by atoms with Crippen LogP contribution in [0, 0.1) is 0 Å². The van der Waals surface area contributed by atoms with E-state index in [4.69, 9.17) is 14.2 Å². The van der Waals surface area contributed by atoms with Gasteiger partial charge in [0.05, 0.1) is 0 Å². The van der Waals surface area contributed by atoms with E-state index >= 15 is 0 Å². The first-order valence-corrected chi connectivity index (χ1v) is 32.7. The summed E-state index contributed by atoms with van der Waals surface area (Å²) < 4.78 is 16.7. The van der Waals surface area contributed by atoms with Crippen molar-refractivity contribution in [3.63, 3.8) is 0 Å². The maximum absolute atomic E-state index is 12.8. The van der Waals surface area contributed by atoms with Crippen molar-refractivity contribution >= 4 is 17.9 Å². The Labute approximate surface area is 477 Å². The second-order valence-electron chi connectivity index (χ2n) is 21.6. The summed E-state index contributed by atoms with van der Waals surface area (Å²) in [4.78, 5) is 37.9. The zero-order chi connectivity index (χ0) is 55.7. The summed E-state index contributed by atoms with van der Waals surface area (Å²) in [6.45, 7) is 6.44. The maximum Gasteiger partial charge on any atom is 0.306 e. The summed E-state index contributed by atoms with van der Waals surface area (Å²) in [5.41, 5.74) is 0. The third-order valence-corrected chi connectivity index (χ3v) is 14.1. The predicted molar refractivity (Wildman–Crippen MR) is 334 cm³/mol. The summed E-state index contributed by atoms with van der Waals surface area (Å²) in [7, 11) is 0. The van der Waals surface area contributed by atoms with Gasteiger partial charge in [-0.25, -0.2) is 0 Å². The molecule has 1 unspecified atom stereocenters. The van der Waals surface area contributed by atoms with E-state index in [9.17, 15) is 14.4 Å². The molecular formula is C71H122O6. The van der Waals surface area contributed by atoms with Gasteiger partial charge in [0.15, 0.2) is 6.10 Å². The van der Waals surface area contributed by atoms with E-state index in [1.807, 2.05) is 0 Å². The van der Waals surface area contributed by atoms with Crippen LogP contribution in [-0.4, -0.2) is 37.2 Å². The van der Waals surface area contributed by atoms with Gasteiger partial charge < -0.3 is 14.2 Å². The van der Waals surface area contributed by atoms with Gasteiger partial charge >= 0.3 is 17.9 Å². The molecule has 0 rings (SSSR count). The molecule has 1 atom stereocenters. The lowest BCUT2D eigenvalue weighted by Crippen LogP contribution is -2.30. The second-order valence-corrected chi connectivity index (χ2v) is 21.6. The monoisotopic (exact) mass is 1070 g/mol. The molecule has 0 bridgehead atoms. The number of unbranched alkanes of at least 4 members (excludes halogenated alkanes) is 32. The van der Waals surface area contributed by atoms with Crippen molar-refractivity contribution in [2.45, 2.75) is 322 Å². The average molecular weight is 1070 g/mol. The molecule has 0 N–H and O–H groups in total. The molecule has 0 aliphatic carbocycles. The van der Waals surface area contributed by atoms with Crippen LogP contribution in [0.1, 0.15) is 316 Å².